The van der Waals surface area contributed by atoms with E-state index < -0.39 is 18.6 Å². The second kappa shape index (κ2) is 7.01. The van der Waals surface area contributed by atoms with Crippen LogP contribution in [0, 0.1) is 5.92 Å². The third kappa shape index (κ3) is 4.97. The predicted octanol–water partition coefficient (Wildman–Crippen LogP) is 1.91. The summed E-state index contributed by atoms with van der Waals surface area (Å²) in [4.78, 5) is 27.1. The predicted molar refractivity (Wildman–Crippen MR) is 73.5 cm³/mol. The molecule has 1 aromatic rings. The first kappa shape index (κ1) is 17.3. The van der Waals surface area contributed by atoms with E-state index in [1.165, 1.54) is 7.11 Å². The fraction of sp³-hybridized carbons (Fsp3) is 0.643. The van der Waals surface area contributed by atoms with Crippen LogP contribution >= 0.6 is 0 Å². The van der Waals surface area contributed by atoms with Gasteiger partial charge in [-0.25, -0.2) is 4.98 Å². The van der Waals surface area contributed by atoms with Crippen molar-refractivity contribution in [3.05, 3.63) is 18.2 Å². The molecule has 128 valence electrons. The summed E-state index contributed by atoms with van der Waals surface area (Å²) in [7, 11) is 1.34. The van der Waals surface area contributed by atoms with Gasteiger partial charge >= 0.3 is 12.1 Å². The lowest BCUT2D eigenvalue weighted by Gasteiger charge is -2.27. The van der Waals surface area contributed by atoms with Gasteiger partial charge in [0.1, 0.15) is 12.2 Å². The van der Waals surface area contributed by atoms with Crippen molar-refractivity contribution in [2.75, 3.05) is 7.11 Å². The van der Waals surface area contributed by atoms with Crippen molar-refractivity contribution in [2.45, 2.75) is 44.4 Å². The number of halogens is 3. The number of hydrogen-bond donors (Lipinski definition) is 1. The Labute approximate surface area is 131 Å². The standard InChI is InChI=1S/C14H18F3N3O3/c1-23-13(22)9-2-4-10(5-3-9)19-12(21)11-6-20(8-18-11)7-14(15,16)17/h6,8-10H,2-5,7H2,1H3,(H,19,21). The number of amides is 1. The lowest BCUT2D eigenvalue weighted by molar-refractivity contribution is -0.146. The zero-order valence-corrected chi connectivity index (χ0v) is 12.6. The molecule has 0 saturated heterocycles. The van der Waals surface area contributed by atoms with Crippen molar-refractivity contribution in [1.82, 2.24) is 14.9 Å². The Morgan fingerprint density at radius 1 is 1.35 bits per heavy atom. The Morgan fingerprint density at radius 2 is 2.00 bits per heavy atom. The molecule has 23 heavy (non-hydrogen) atoms. The quantitative estimate of drug-likeness (QED) is 0.854. The van der Waals surface area contributed by atoms with Crippen LogP contribution in [-0.4, -0.2) is 40.8 Å². The van der Waals surface area contributed by atoms with E-state index in [4.69, 9.17) is 0 Å². The Hall–Kier alpha value is -2.06. The van der Waals surface area contributed by atoms with E-state index in [0.717, 1.165) is 17.1 Å². The monoisotopic (exact) mass is 333 g/mol. The molecule has 1 heterocycles. The van der Waals surface area contributed by atoms with Crippen molar-refractivity contribution in [1.29, 1.82) is 0 Å². The zero-order chi connectivity index (χ0) is 17.0. The van der Waals surface area contributed by atoms with Crippen LogP contribution in [0.5, 0.6) is 0 Å². The zero-order valence-electron chi connectivity index (χ0n) is 12.6. The van der Waals surface area contributed by atoms with Crippen LogP contribution in [0.25, 0.3) is 0 Å². The number of nitrogens with zero attached hydrogens (tertiary/aromatic N) is 2. The summed E-state index contributed by atoms with van der Waals surface area (Å²) in [6.45, 7) is -1.18. The lowest BCUT2D eigenvalue weighted by Crippen LogP contribution is -2.39. The number of ether oxygens (including phenoxy) is 1. The number of esters is 1. The largest absolute Gasteiger partial charge is 0.469 e. The summed E-state index contributed by atoms with van der Waals surface area (Å²) < 4.78 is 42.3. The van der Waals surface area contributed by atoms with Crippen LogP contribution in [0.1, 0.15) is 36.2 Å². The molecule has 0 aliphatic heterocycles. The van der Waals surface area contributed by atoms with Crippen LogP contribution in [-0.2, 0) is 16.1 Å². The molecule has 1 saturated carbocycles. The van der Waals surface area contributed by atoms with Gasteiger partial charge in [-0.2, -0.15) is 13.2 Å². The third-order valence-corrected chi connectivity index (χ3v) is 3.82. The number of aromatic nitrogens is 2. The summed E-state index contributed by atoms with van der Waals surface area (Å²) in [5, 5.41) is 2.74. The molecule has 1 amide bonds. The maximum Gasteiger partial charge on any atom is 0.406 e. The van der Waals surface area contributed by atoms with Gasteiger partial charge in [0.25, 0.3) is 5.91 Å². The van der Waals surface area contributed by atoms with E-state index in [9.17, 15) is 22.8 Å². The molecule has 0 spiro atoms. The number of imidazole rings is 1. The Morgan fingerprint density at radius 3 is 2.57 bits per heavy atom. The molecule has 1 aromatic heterocycles. The van der Waals surface area contributed by atoms with Gasteiger partial charge in [0.15, 0.2) is 0 Å². The minimum Gasteiger partial charge on any atom is -0.469 e. The first-order valence-electron chi connectivity index (χ1n) is 7.25. The third-order valence-electron chi connectivity index (χ3n) is 3.82. The number of carbonyl (C=O) groups is 2. The Kier molecular flexibility index (Phi) is 5.27. The summed E-state index contributed by atoms with van der Waals surface area (Å²) >= 11 is 0. The molecule has 2 rings (SSSR count). The van der Waals surface area contributed by atoms with Gasteiger partial charge in [0.2, 0.25) is 0 Å². The van der Waals surface area contributed by atoms with Crippen LogP contribution in [0.2, 0.25) is 0 Å². The maximum absolute atomic E-state index is 12.3. The molecule has 6 nitrogen and oxygen atoms in total. The average molecular weight is 333 g/mol. The summed E-state index contributed by atoms with van der Waals surface area (Å²) in [6.07, 6.45) is 0.157. The van der Waals surface area contributed by atoms with Crippen molar-refractivity contribution in [3.8, 4) is 0 Å². The van der Waals surface area contributed by atoms with Crippen LogP contribution in [0.3, 0.4) is 0 Å². The van der Waals surface area contributed by atoms with Gasteiger partial charge in [-0.1, -0.05) is 0 Å². The van der Waals surface area contributed by atoms with Gasteiger partial charge < -0.3 is 14.6 Å². The second-order valence-electron chi connectivity index (χ2n) is 5.59. The van der Waals surface area contributed by atoms with E-state index in [-0.39, 0.29) is 23.6 Å². The molecular formula is C14H18F3N3O3. The van der Waals surface area contributed by atoms with Crippen LogP contribution < -0.4 is 5.32 Å². The Balaban J connectivity index is 1.85. The van der Waals surface area contributed by atoms with Gasteiger partial charge in [-0.3, -0.25) is 9.59 Å². The first-order valence-corrected chi connectivity index (χ1v) is 7.25. The fourth-order valence-electron chi connectivity index (χ4n) is 2.67. The summed E-state index contributed by atoms with van der Waals surface area (Å²) in [5.74, 6) is -0.910. The van der Waals surface area contributed by atoms with Crippen LogP contribution in [0.4, 0.5) is 13.2 Å². The molecule has 1 aliphatic rings. The number of hydrogen-bond acceptors (Lipinski definition) is 4. The van der Waals surface area contributed by atoms with Gasteiger partial charge in [0, 0.05) is 12.2 Å². The molecule has 0 unspecified atom stereocenters. The van der Waals surface area contributed by atoms with Crippen molar-refractivity contribution >= 4 is 11.9 Å². The Bertz CT molecular complexity index is 563. The highest BCUT2D eigenvalue weighted by atomic mass is 19.4. The topological polar surface area (TPSA) is 73.2 Å². The SMILES string of the molecule is COC(=O)C1CCC(NC(=O)c2cn(CC(F)(F)F)cn2)CC1. The number of alkyl halides is 3. The van der Waals surface area contributed by atoms with E-state index in [2.05, 4.69) is 15.0 Å². The smallest absolute Gasteiger partial charge is 0.406 e. The van der Waals surface area contributed by atoms with E-state index >= 15 is 0 Å². The van der Waals surface area contributed by atoms with E-state index in [1.54, 1.807) is 0 Å². The summed E-state index contributed by atoms with van der Waals surface area (Å²) in [6, 6.07) is -0.115. The number of nitrogens with one attached hydrogen (secondary N) is 1. The molecule has 0 aromatic carbocycles. The van der Waals surface area contributed by atoms with Crippen LogP contribution in [0.15, 0.2) is 12.5 Å². The van der Waals surface area contributed by atoms with Crippen molar-refractivity contribution in [3.63, 3.8) is 0 Å². The molecule has 1 N–H and O–H groups in total. The number of carbonyl (C=O) groups excluding carboxylic acids is 2. The number of methoxy groups -OCH3 is 1. The van der Waals surface area contributed by atoms with Gasteiger partial charge in [0.05, 0.1) is 19.4 Å². The highest BCUT2D eigenvalue weighted by Gasteiger charge is 2.30. The normalized spacial score (nSPS) is 21.7. The minimum absolute atomic E-state index is 0.0515. The molecular weight excluding hydrogens is 315 g/mol. The molecule has 0 atom stereocenters. The second-order valence-corrected chi connectivity index (χ2v) is 5.59. The lowest BCUT2D eigenvalue weighted by atomic mass is 9.86. The molecule has 0 bridgehead atoms. The maximum atomic E-state index is 12.3. The number of rotatable bonds is 4. The highest BCUT2D eigenvalue weighted by Crippen LogP contribution is 2.25. The molecule has 1 fully saturated rings. The minimum atomic E-state index is -4.36. The van der Waals surface area contributed by atoms with Gasteiger partial charge in [-0.05, 0) is 25.7 Å². The van der Waals surface area contributed by atoms with E-state index in [1.807, 2.05) is 0 Å². The summed E-state index contributed by atoms with van der Waals surface area (Å²) in [5.41, 5.74) is -0.0515. The molecule has 0 radical (unpaired) electrons. The molecule has 9 heteroatoms. The molecule has 1 aliphatic carbocycles. The highest BCUT2D eigenvalue weighted by molar-refractivity contribution is 5.92. The first-order chi connectivity index (χ1) is 10.8. The van der Waals surface area contributed by atoms with Crippen molar-refractivity contribution < 1.29 is 27.5 Å². The van der Waals surface area contributed by atoms with E-state index in [0.29, 0.717) is 25.7 Å². The fourth-order valence-corrected chi connectivity index (χ4v) is 2.67. The van der Waals surface area contributed by atoms with Gasteiger partial charge in [-0.15, -0.1) is 0 Å². The average Bonchev–Trinajstić information content (AvgIpc) is 2.93. The van der Waals surface area contributed by atoms with Crippen molar-refractivity contribution in [2.24, 2.45) is 5.92 Å².